The molecule has 5 nitrogen and oxygen atoms in total. The molecule has 0 unspecified atom stereocenters. The van der Waals surface area contributed by atoms with Crippen molar-refractivity contribution in [3.8, 4) is 0 Å². The van der Waals surface area contributed by atoms with E-state index in [2.05, 4.69) is 26.2 Å². The van der Waals surface area contributed by atoms with Gasteiger partial charge in [0.15, 0.2) is 0 Å². The van der Waals surface area contributed by atoms with E-state index in [1.54, 1.807) is 12.3 Å². The largest absolute Gasteiger partial charge is 0.494 e. The second-order valence-electron chi connectivity index (χ2n) is 3.47. The standard InChI is InChI=1S/C11H11BrN2O3/c1-7-4-10(13-5-8(7)12)14-11(15)9-6-16-2-3-17-9/h4-6H,2-3H2,1H3,(H,13,14,15). The molecule has 1 aliphatic rings. The molecule has 2 rings (SSSR count). The third-order valence-electron chi connectivity index (χ3n) is 2.16. The number of rotatable bonds is 2. The van der Waals surface area contributed by atoms with Gasteiger partial charge in [0.25, 0.3) is 5.91 Å². The van der Waals surface area contributed by atoms with Crippen LogP contribution in [0.5, 0.6) is 0 Å². The topological polar surface area (TPSA) is 60.5 Å². The number of ether oxygens (including phenoxy) is 2. The number of amides is 1. The van der Waals surface area contributed by atoms with Crippen molar-refractivity contribution in [2.75, 3.05) is 18.5 Å². The number of aromatic nitrogens is 1. The molecule has 0 saturated heterocycles. The number of hydrogen-bond donors (Lipinski definition) is 1. The van der Waals surface area contributed by atoms with Gasteiger partial charge in [0.1, 0.15) is 25.3 Å². The second kappa shape index (κ2) is 5.18. The average Bonchev–Trinajstić information content (AvgIpc) is 2.35. The van der Waals surface area contributed by atoms with Crippen LogP contribution >= 0.6 is 15.9 Å². The van der Waals surface area contributed by atoms with Gasteiger partial charge in [0.2, 0.25) is 5.76 Å². The molecular formula is C11H11BrN2O3. The lowest BCUT2D eigenvalue weighted by atomic mass is 10.3. The highest BCUT2D eigenvalue weighted by atomic mass is 79.9. The minimum absolute atomic E-state index is 0.165. The molecule has 1 amide bonds. The third-order valence-corrected chi connectivity index (χ3v) is 2.99. The fraction of sp³-hybridized carbons (Fsp3) is 0.273. The molecule has 0 bridgehead atoms. The van der Waals surface area contributed by atoms with E-state index in [1.807, 2.05) is 6.92 Å². The van der Waals surface area contributed by atoms with Crippen LogP contribution in [0, 0.1) is 6.92 Å². The highest BCUT2D eigenvalue weighted by Crippen LogP contribution is 2.17. The number of nitrogens with one attached hydrogen (secondary N) is 1. The number of carbonyl (C=O) groups is 1. The first kappa shape index (κ1) is 11.9. The summed E-state index contributed by atoms with van der Waals surface area (Å²) in [5.41, 5.74) is 0.991. The molecule has 1 N–H and O–H groups in total. The maximum absolute atomic E-state index is 11.7. The lowest BCUT2D eigenvalue weighted by Gasteiger charge is -2.14. The highest BCUT2D eigenvalue weighted by Gasteiger charge is 2.15. The van der Waals surface area contributed by atoms with Gasteiger partial charge < -0.3 is 14.8 Å². The number of carbonyl (C=O) groups excluding carboxylic acids is 1. The lowest BCUT2D eigenvalue weighted by molar-refractivity contribution is -0.117. The van der Waals surface area contributed by atoms with Gasteiger partial charge >= 0.3 is 0 Å². The third kappa shape index (κ3) is 2.97. The molecule has 2 heterocycles. The van der Waals surface area contributed by atoms with Gasteiger partial charge in [-0.25, -0.2) is 4.98 Å². The van der Waals surface area contributed by atoms with Crippen LogP contribution in [0.1, 0.15) is 5.56 Å². The number of pyridine rings is 1. The van der Waals surface area contributed by atoms with Gasteiger partial charge in [-0.1, -0.05) is 0 Å². The van der Waals surface area contributed by atoms with Crippen LogP contribution in [0.4, 0.5) is 5.82 Å². The summed E-state index contributed by atoms with van der Waals surface area (Å²) >= 11 is 3.34. The molecule has 0 radical (unpaired) electrons. The highest BCUT2D eigenvalue weighted by molar-refractivity contribution is 9.10. The maximum atomic E-state index is 11.7. The van der Waals surface area contributed by atoms with Crippen molar-refractivity contribution >= 4 is 27.7 Å². The minimum atomic E-state index is -0.362. The molecule has 0 aromatic carbocycles. The van der Waals surface area contributed by atoms with Crippen LogP contribution in [0.2, 0.25) is 0 Å². The minimum Gasteiger partial charge on any atom is -0.494 e. The number of anilines is 1. The number of aryl methyl sites for hydroxylation is 1. The molecule has 0 fully saturated rings. The number of halogens is 1. The fourth-order valence-corrected chi connectivity index (χ4v) is 1.49. The molecule has 1 aromatic heterocycles. The quantitative estimate of drug-likeness (QED) is 0.907. The molecule has 17 heavy (non-hydrogen) atoms. The Labute approximate surface area is 107 Å². The molecule has 0 saturated carbocycles. The van der Waals surface area contributed by atoms with Gasteiger partial charge in [-0.15, -0.1) is 0 Å². The first-order chi connectivity index (χ1) is 8.16. The Morgan fingerprint density at radius 3 is 3.00 bits per heavy atom. The average molecular weight is 299 g/mol. The molecule has 90 valence electrons. The van der Waals surface area contributed by atoms with Gasteiger partial charge in [-0.05, 0) is 34.5 Å². The van der Waals surface area contributed by atoms with E-state index < -0.39 is 0 Å². The molecule has 1 aliphatic heterocycles. The van der Waals surface area contributed by atoms with Crippen LogP contribution in [0.15, 0.2) is 28.8 Å². The van der Waals surface area contributed by atoms with Crippen LogP contribution in [0.25, 0.3) is 0 Å². The molecule has 1 aromatic rings. The monoisotopic (exact) mass is 298 g/mol. The van der Waals surface area contributed by atoms with Crippen molar-refractivity contribution in [1.82, 2.24) is 4.98 Å². The predicted octanol–water partition coefficient (Wildman–Crippen LogP) is 1.98. The zero-order valence-corrected chi connectivity index (χ0v) is 10.8. The second-order valence-corrected chi connectivity index (χ2v) is 4.33. The van der Waals surface area contributed by atoms with Gasteiger partial charge in [-0.2, -0.15) is 0 Å². The van der Waals surface area contributed by atoms with E-state index >= 15 is 0 Å². The summed E-state index contributed by atoms with van der Waals surface area (Å²) in [6, 6.07) is 1.77. The summed E-state index contributed by atoms with van der Waals surface area (Å²) in [5, 5.41) is 2.64. The summed E-state index contributed by atoms with van der Waals surface area (Å²) in [7, 11) is 0. The zero-order chi connectivity index (χ0) is 12.3. The van der Waals surface area contributed by atoms with Crippen molar-refractivity contribution in [2.24, 2.45) is 0 Å². The van der Waals surface area contributed by atoms with Crippen molar-refractivity contribution in [3.63, 3.8) is 0 Å². The van der Waals surface area contributed by atoms with E-state index in [0.717, 1.165) is 10.0 Å². The van der Waals surface area contributed by atoms with Gasteiger partial charge in [0.05, 0.1) is 0 Å². The molecular weight excluding hydrogens is 288 g/mol. The van der Waals surface area contributed by atoms with Crippen molar-refractivity contribution in [1.29, 1.82) is 0 Å². The Balaban J connectivity index is 2.07. The number of nitrogens with zero attached hydrogens (tertiary/aromatic N) is 1. The summed E-state index contributed by atoms with van der Waals surface area (Å²) in [4.78, 5) is 15.8. The Hall–Kier alpha value is -1.56. The molecule has 0 spiro atoms. The first-order valence-corrected chi connectivity index (χ1v) is 5.84. The van der Waals surface area contributed by atoms with Crippen LogP contribution in [-0.2, 0) is 14.3 Å². The normalized spacial score (nSPS) is 14.4. The molecule has 0 aliphatic carbocycles. The zero-order valence-electron chi connectivity index (χ0n) is 9.20. The van der Waals surface area contributed by atoms with Crippen molar-refractivity contribution in [2.45, 2.75) is 6.92 Å². The van der Waals surface area contributed by atoms with Crippen molar-refractivity contribution in [3.05, 3.63) is 34.3 Å². The number of hydrogen-bond acceptors (Lipinski definition) is 4. The Bertz CT molecular complexity index is 474. The van der Waals surface area contributed by atoms with E-state index in [4.69, 9.17) is 9.47 Å². The Morgan fingerprint density at radius 2 is 2.35 bits per heavy atom. The summed E-state index contributed by atoms with van der Waals surface area (Å²) in [6.07, 6.45) is 2.95. The van der Waals surface area contributed by atoms with Crippen LogP contribution in [-0.4, -0.2) is 24.1 Å². The summed E-state index contributed by atoms with van der Waals surface area (Å²) in [5.74, 6) is 0.281. The van der Waals surface area contributed by atoms with Crippen molar-refractivity contribution < 1.29 is 14.3 Å². The maximum Gasteiger partial charge on any atom is 0.295 e. The first-order valence-electron chi connectivity index (χ1n) is 5.05. The lowest BCUT2D eigenvalue weighted by Crippen LogP contribution is -2.21. The van der Waals surface area contributed by atoms with E-state index in [1.165, 1.54) is 6.26 Å². The molecule has 6 heteroatoms. The summed E-state index contributed by atoms with van der Waals surface area (Å²) < 4.78 is 11.1. The van der Waals surface area contributed by atoms with Gasteiger partial charge in [0, 0.05) is 10.7 Å². The fourth-order valence-electron chi connectivity index (χ4n) is 1.27. The molecule has 0 atom stereocenters. The van der Waals surface area contributed by atoms with Crippen LogP contribution in [0.3, 0.4) is 0 Å². The smallest absolute Gasteiger partial charge is 0.295 e. The summed E-state index contributed by atoms with van der Waals surface area (Å²) in [6.45, 7) is 2.76. The van der Waals surface area contributed by atoms with E-state index in [0.29, 0.717) is 19.0 Å². The van der Waals surface area contributed by atoms with E-state index in [-0.39, 0.29) is 11.7 Å². The SMILES string of the molecule is Cc1cc(NC(=O)C2=COCCO2)ncc1Br. The Kier molecular flexibility index (Phi) is 3.63. The van der Waals surface area contributed by atoms with E-state index in [9.17, 15) is 4.79 Å². The van der Waals surface area contributed by atoms with Gasteiger partial charge in [-0.3, -0.25) is 4.79 Å². The predicted molar refractivity (Wildman–Crippen MR) is 65.3 cm³/mol. The Morgan fingerprint density at radius 1 is 1.53 bits per heavy atom. The van der Waals surface area contributed by atoms with Crippen LogP contribution < -0.4 is 5.32 Å².